The van der Waals surface area contributed by atoms with Gasteiger partial charge in [0.2, 0.25) is 11.7 Å². The summed E-state index contributed by atoms with van der Waals surface area (Å²) in [6.07, 6.45) is 15.7. The summed E-state index contributed by atoms with van der Waals surface area (Å²) in [4.78, 5) is 26.1. The number of unbranched alkanes of at least 4 members (excludes halogenated alkanes) is 1. The maximum atomic E-state index is 13.4. The van der Waals surface area contributed by atoms with Crippen LogP contribution < -0.4 is 5.32 Å². The Kier molecular flexibility index (Phi) is 6.05. The number of fused-ring (bicyclic) bond motifs is 7. The molecular weight excluding hydrogens is 458 g/mol. The van der Waals surface area contributed by atoms with Crippen LogP contribution in [0.3, 0.4) is 0 Å². The molecule has 0 aromatic rings. The van der Waals surface area contributed by atoms with Crippen LogP contribution in [0.25, 0.3) is 0 Å². The van der Waals surface area contributed by atoms with Crippen LogP contribution in [0.4, 0.5) is 0 Å². The van der Waals surface area contributed by atoms with E-state index in [1.54, 1.807) is 6.08 Å². The molecule has 2 N–H and O–H groups in total. The zero-order valence-corrected chi connectivity index (χ0v) is 24.1. The summed E-state index contributed by atoms with van der Waals surface area (Å²) in [6.45, 7) is 16.8. The van der Waals surface area contributed by atoms with Crippen LogP contribution in [0.5, 0.6) is 0 Å². The van der Waals surface area contributed by atoms with E-state index in [0.29, 0.717) is 11.5 Å². The molecule has 0 aliphatic heterocycles. The van der Waals surface area contributed by atoms with Gasteiger partial charge in [-0.15, -0.1) is 0 Å². The lowest BCUT2D eigenvalue weighted by molar-refractivity contribution is -0.169. The maximum Gasteiger partial charge on any atom is 0.225 e. The Balaban J connectivity index is 1.54. The lowest BCUT2D eigenvalue weighted by atomic mass is 9.34. The summed E-state index contributed by atoms with van der Waals surface area (Å²) in [5.74, 6) is 0.336. The number of rotatable bonds is 4. The summed E-state index contributed by atoms with van der Waals surface area (Å²) in [5.41, 5.74) is 4.06. The fourth-order valence-corrected chi connectivity index (χ4v) is 9.26. The lowest BCUT2D eigenvalue weighted by Crippen LogP contribution is -2.62. The first-order chi connectivity index (χ1) is 17.3. The van der Waals surface area contributed by atoms with Gasteiger partial charge in [0, 0.05) is 22.9 Å². The van der Waals surface area contributed by atoms with Gasteiger partial charge in [-0.1, -0.05) is 65.7 Å². The highest BCUT2D eigenvalue weighted by Gasteiger charge is 2.67. The van der Waals surface area contributed by atoms with E-state index in [2.05, 4.69) is 59.0 Å². The highest BCUT2D eigenvalue weighted by Crippen LogP contribution is 2.75. The molecule has 4 nitrogen and oxygen atoms in total. The molecule has 37 heavy (non-hydrogen) atoms. The van der Waals surface area contributed by atoms with Crippen molar-refractivity contribution < 1.29 is 14.7 Å². The topological polar surface area (TPSA) is 66.4 Å². The predicted molar refractivity (Wildman–Crippen MR) is 149 cm³/mol. The Morgan fingerprint density at radius 1 is 1.03 bits per heavy atom. The van der Waals surface area contributed by atoms with E-state index in [-0.39, 0.29) is 44.5 Å². The molecule has 0 heterocycles. The van der Waals surface area contributed by atoms with Crippen molar-refractivity contribution in [2.24, 2.45) is 33.0 Å². The quantitative estimate of drug-likeness (QED) is 0.388. The Bertz CT molecular complexity index is 1170. The molecule has 0 bridgehead atoms. The van der Waals surface area contributed by atoms with Gasteiger partial charge in [-0.3, -0.25) is 9.59 Å². The number of allylic oxidation sites excluding steroid dienone is 7. The number of amides is 1. The molecule has 0 unspecified atom stereocenters. The fraction of sp³-hybridized carbons (Fsp3) is 0.697. The highest BCUT2D eigenvalue weighted by atomic mass is 16.3. The van der Waals surface area contributed by atoms with Gasteiger partial charge in [0.15, 0.2) is 5.76 Å². The van der Waals surface area contributed by atoms with Crippen LogP contribution in [-0.4, -0.2) is 23.3 Å². The molecule has 202 valence electrons. The van der Waals surface area contributed by atoms with Gasteiger partial charge >= 0.3 is 0 Å². The normalized spacial score (nSPS) is 42.9. The highest BCUT2D eigenvalue weighted by molar-refractivity contribution is 6.06. The molecule has 1 amide bonds. The average Bonchev–Trinajstić information content (AvgIpc) is 2.86. The van der Waals surface area contributed by atoms with Crippen molar-refractivity contribution in [3.8, 4) is 0 Å². The molecule has 3 saturated carbocycles. The third kappa shape index (κ3) is 3.53. The molecule has 5 rings (SSSR count). The largest absolute Gasteiger partial charge is 0.504 e. The Hall–Kier alpha value is -2.10. The minimum Gasteiger partial charge on any atom is -0.504 e. The van der Waals surface area contributed by atoms with E-state index in [4.69, 9.17) is 0 Å². The third-order valence-electron chi connectivity index (χ3n) is 12.2. The van der Waals surface area contributed by atoms with E-state index < -0.39 is 0 Å². The van der Waals surface area contributed by atoms with Gasteiger partial charge in [0.1, 0.15) is 0 Å². The smallest absolute Gasteiger partial charge is 0.225 e. The molecule has 0 spiro atoms. The summed E-state index contributed by atoms with van der Waals surface area (Å²) in [5, 5.41) is 13.6. The second-order valence-corrected chi connectivity index (χ2v) is 14.2. The van der Waals surface area contributed by atoms with Crippen LogP contribution in [0, 0.1) is 33.0 Å². The van der Waals surface area contributed by atoms with Gasteiger partial charge in [-0.05, 0) is 97.7 Å². The molecule has 6 atom stereocenters. The molecule has 0 aromatic heterocycles. The monoisotopic (exact) mass is 505 g/mol. The van der Waals surface area contributed by atoms with Gasteiger partial charge in [0.05, 0.1) is 0 Å². The van der Waals surface area contributed by atoms with Crippen LogP contribution in [0.2, 0.25) is 0 Å². The number of hydrogen-bond acceptors (Lipinski definition) is 3. The number of hydrogen-bond donors (Lipinski definition) is 2. The van der Waals surface area contributed by atoms with E-state index in [1.165, 1.54) is 12.0 Å². The van der Waals surface area contributed by atoms with Gasteiger partial charge in [-0.2, -0.15) is 0 Å². The standard InChI is InChI=1S/C33H47NO3/c1-8-9-18-34-28(37)30(4)13-12-29(3)14-16-32(6)25-11-10-22-21(2)27(36)24(35)19-23(22)31(25,5)15-17-33(32,7)26(29)20-30/h10-11,19,26,36H,8-9,12-18,20H2,1-7H3,(H,34,37)/t26-,29-,30-,31+,32-,33+/m1/s1. The molecule has 3 fully saturated rings. The number of carbonyl (C=O) groups excluding carboxylic acids is 2. The second kappa shape index (κ2) is 8.45. The van der Waals surface area contributed by atoms with Crippen molar-refractivity contribution in [3.63, 3.8) is 0 Å². The predicted octanol–water partition coefficient (Wildman–Crippen LogP) is 7.53. The molecule has 5 aliphatic carbocycles. The van der Waals surface area contributed by atoms with Gasteiger partial charge < -0.3 is 10.4 Å². The second-order valence-electron chi connectivity index (χ2n) is 14.2. The van der Waals surface area contributed by atoms with Crippen molar-refractivity contribution >= 4 is 11.7 Å². The number of aliphatic hydroxyl groups excluding tert-OH is 1. The van der Waals surface area contributed by atoms with E-state index in [9.17, 15) is 14.7 Å². The van der Waals surface area contributed by atoms with Crippen molar-refractivity contribution in [3.05, 3.63) is 46.3 Å². The average molecular weight is 506 g/mol. The van der Waals surface area contributed by atoms with E-state index >= 15 is 0 Å². The number of aliphatic hydroxyl groups is 1. The zero-order valence-electron chi connectivity index (χ0n) is 24.1. The molecule has 5 aliphatic rings. The molecular formula is C33H47NO3. The molecule has 0 saturated heterocycles. The Labute approximate surface area is 223 Å². The lowest BCUT2D eigenvalue weighted by Gasteiger charge is -2.70. The molecule has 0 aromatic carbocycles. The van der Waals surface area contributed by atoms with Crippen LogP contribution >= 0.6 is 0 Å². The van der Waals surface area contributed by atoms with Crippen molar-refractivity contribution in [1.29, 1.82) is 0 Å². The van der Waals surface area contributed by atoms with Crippen LogP contribution in [0.15, 0.2) is 46.3 Å². The van der Waals surface area contributed by atoms with Crippen LogP contribution in [-0.2, 0) is 9.59 Å². The van der Waals surface area contributed by atoms with E-state index in [1.807, 2.05) is 6.92 Å². The van der Waals surface area contributed by atoms with Gasteiger partial charge in [-0.25, -0.2) is 0 Å². The van der Waals surface area contributed by atoms with Gasteiger partial charge in [0.25, 0.3) is 0 Å². The third-order valence-corrected chi connectivity index (χ3v) is 12.2. The summed E-state index contributed by atoms with van der Waals surface area (Å²) < 4.78 is 0. The zero-order chi connectivity index (χ0) is 27.0. The van der Waals surface area contributed by atoms with E-state index in [0.717, 1.165) is 69.1 Å². The van der Waals surface area contributed by atoms with Crippen LogP contribution in [0.1, 0.15) is 106 Å². The minimum atomic E-state index is -0.314. The first kappa shape index (κ1) is 26.5. The first-order valence-corrected chi connectivity index (χ1v) is 14.6. The Morgan fingerprint density at radius 3 is 2.43 bits per heavy atom. The molecule has 4 heteroatoms. The number of carbonyl (C=O) groups is 2. The van der Waals surface area contributed by atoms with Crippen molar-refractivity contribution in [1.82, 2.24) is 5.32 Å². The summed E-state index contributed by atoms with van der Waals surface area (Å²) >= 11 is 0. The molecule has 0 radical (unpaired) electrons. The number of nitrogens with one attached hydrogen (secondary N) is 1. The number of ketones is 1. The minimum absolute atomic E-state index is 0.00978. The Morgan fingerprint density at radius 2 is 1.73 bits per heavy atom. The SMILES string of the molecule is CCCCNC(=O)[C@]1(C)CC[C@]2(C)CC[C@]3(C)C4=CC=C5C(=CC(=O)C(O)=C5C)[C@]4(C)CC[C@@]3(C)[C@@H]2C1. The summed E-state index contributed by atoms with van der Waals surface area (Å²) in [6, 6.07) is 0. The van der Waals surface area contributed by atoms with Crippen molar-refractivity contribution in [2.75, 3.05) is 6.54 Å². The summed E-state index contributed by atoms with van der Waals surface area (Å²) in [7, 11) is 0. The first-order valence-electron chi connectivity index (χ1n) is 14.6. The van der Waals surface area contributed by atoms with Crippen molar-refractivity contribution in [2.45, 2.75) is 106 Å². The fourth-order valence-electron chi connectivity index (χ4n) is 9.26. The maximum absolute atomic E-state index is 13.4.